The Morgan fingerprint density at radius 2 is 1.79 bits per heavy atom. The van der Waals surface area contributed by atoms with Crippen molar-refractivity contribution in [3.63, 3.8) is 0 Å². The number of aliphatic imine (C=N–C) groups is 2. The first kappa shape index (κ1) is 27.3. The van der Waals surface area contributed by atoms with Crippen molar-refractivity contribution in [2.75, 3.05) is 5.75 Å². The van der Waals surface area contributed by atoms with Crippen LogP contribution in [0.25, 0.3) is 0 Å². The van der Waals surface area contributed by atoms with Gasteiger partial charge in [0.15, 0.2) is 6.04 Å². The molecule has 3 aliphatic rings. The molecule has 6 bridgehead atoms. The number of rotatable bonds is 3. The predicted octanol–water partition coefficient (Wildman–Crippen LogP) is 2.52. The summed E-state index contributed by atoms with van der Waals surface area (Å²) in [5.74, 6) is -0.113. The van der Waals surface area contributed by atoms with Gasteiger partial charge in [0.2, 0.25) is 17.7 Å². The standard InChI is InChI=1S/C27H32N6O4S2/c1-13(2)20-25-33-21(15(4)37-25)24(36)28-14(3)26-30-18(11-38-26)22(34)29-17(10-16-8-6-5-7-9-16)27-31-19(12-39-27)23(35)32-20/h5-9,12-15,17-18,20-21H,10-11H2,1-4H3,(H,28,36)(H,29,34)(H,32,35). The summed E-state index contributed by atoms with van der Waals surface area (Å²) in [5.41, 5.74) is 1.29. The van der Waals surface area contributed by atoms with Crippen molar-refractivity contribution in [3.8, 4) is 0 Å². The minimum atomic E-state index is -0.754. The van der Waals surface area contributed by atoms with E-state index in [1.807, 2.05) is 51.1 Å². The molecule has 0 fully saturated rings. The number of nitrogens with one attached hydrogen (secondary N) is 3. The number of hydrogen-bond acceptors (Lipinski definition) is 9. The highest BCUT2D eigenvalue weighted by atomic mass is 32.2. The first-order chi connectivity index (χ1) is 18.7. The molecule has 0 aliphatic carbocycles. The predicted molar refractivity (Wildman–Crippen MR) is 152 cm³/mol. The third-order valence-corrected chi connectivity index (χ3v) is 9.06. The van der Waals surface area contributed by atoms with Gasteiger partial charge in [-0.1, -0.05) is 44.2 Å². The maximum atomic E-state index is 13.3. The van der Waals surface area contributed by atoms with Crippen LogP contribution in [-0.4, -0.2) is 69.7 Å². The quantitative estimate of drug-likeness (QED) is 0.521. The van der Waals surface area contributed by atoms with Crippen LogP contribution in [0, 0.1) is 5.92 Å². The number of hydrogen-bond donors (Lipinski definition) is 3. The SMILES string of the molecule is CC1NC(=O)C2N=C(OC2C)C(C(C)C)NC(=O)c2csc(n2)C(Cc2ccccc2)NC(=O)C2CSC1=N2. The van der Waals surface area contributed by atoms with Crippen molar-refractivity contribution in [1.82, 2.24) is 20.9 Å². The number of fused-ring (bicyclic) bond motifs is 4. The minimum Gasteiger partial charge on any atom is -0.474 e. The highest BCUT2D eigenvalue weighted by Crippen LogP contribution is 2.26. The van der Waals surface area contributed by atoms with Crippen LogP contribution in [0.2, 0.25) is 0 Å². The van der Waals surface area contributed by atoms with Gasteiger partial charge in [-0.3, -0.25) is 19.4 Å². The molecule has 10 nitrogen and oxygen atoms in total. The van der Waals surface area contributed by atoms with Gasteiger partial charge < -0.3 is 20.7 Å². The fraction of sp³-hybridized carbons (Fsp3) is 0.481. The number of aromatic nitrogens is 1. The molecule has 1 aromatic carbocycles. The van der Waals surface area contributed by atoms with E-state index >= 15 is 0 Å². The Hall–Kier alpha value is -3.25. The fourth-order valence-corrected chi connectivity index (χ4v) is 6.59. The van der Waals surface area contributed by atoms with Gasteiger partial charge in [0.05, 0.1) is 17.1 Å². The molecular weight excluding hydrogens is 536 g/mol. The van der Waals surface area contributed by atoms with Crippen LogP contribution < -0.4 is 16.0 Å². The Morgan fingerprint density at radius 1 is 1.03 bits per heavy atom. The molecule has 5 rings (SSSR count). The molecule has 4 heterocycles. The van der Waals surface area contributed by atoms with Crippen LogP contribution in [-0.2, 0) is 20.7 Å². The van der Waals surface area contributed by atoms with Crippen LogP contribution in [0.3, 0.4) is 0 Å². The summed E-state index contributed by atoms with van der Waals surface area (Å²) in [5, 5.41) is 12.1. The van der Waals surface area contributed by atoms with Crippen LogP contribution in [0.15, 0.2) is 45.7 Å². The Labute approximate surface area is 235 Å². The van der Waals surface area contributed by atoms with Crippen LogP contribution in [0.1, 0.15) is 54.8 Å². The maximum absolute atomic E-state index is 13.3. The van der Waals surface area contributed by atoms with Gasteiger partial charge in [-0.25, -0.2) is 9.98 Å². The summed E-state index contributed by atoms with van der Waals surface area (Å²) in [6, 6.07) is 7.14. The summed E-state index contributed by atoms with van der Waals surface area (Å²) in [7, 11) is 0. The monoisotopic (exact) mass is 568 g/mol. The summed E-state index contributed by atoms with van der Waals surface area (Å²) in [4.78, 5) is 53.6. The molecule has 2 aromatic rings. The molecule has 12 heteroatoms. The second-order valence-electron chi connectivity index (χ2n) is 10.3. The second kappa shape index (κ2) is 11.5. The molecule has 3 amide bonds. The van der Waals surface area contributed by atoms with Crippen LogP contribution in [0.4, 0.5) is 0 Å². The molecular formula is C27H32N6O4S2. The molecule has 206 valence electrons. The van der Waals surface area contributed by atoms with E-state index in [4.69, 9.17) is 4.74 Å². The van der Waals surface area contributed by atoms with Crippen molar-refractivity contribution in [3.05, 3.63) is 52.0 Å². The van der Waals surface area contributed by atoms with Crippen LogP contribution in [0.5, 0.6) is 0 Å². The number of amides is 3. The zero-order valence-corrected chi connectivity index (χ0v) is 23.8. The molecule has 6 atom stereocenters. The highest BCUT2D eigenvalue weighted by molar-refractivity contribution is 8.14. The Morgan fingerprint density at radius 3 is 2.54 bits per heavy atom. The summed E-state index contributed by atoms with van der Waals surface area (Å²) >= 11 is 2.79. The van der Waals surface area contributed by atoms with Gasteiger partial charge in [-0.05, 0) is 31.7 Å². The van der Waals surface area contributed by atoms with E-state index in [-0.39, 0.29) is 35.4 Å². The molecule has 0 radical (unpaired) electrons. The number of ether oxygens (including phenoxy) is 1. The summed E-state index contributed by atoms with van der Waals surface area (Å²) < 4.78 is 5.98. The van der Waals surface area contributed by atoms with E-state index in [9.17, 15) is 14.4 Å². The third kappa shape index (κ3) is 6.01. The van der Waals surface area contributed by atoms with Gasteiger partial charge >= 0.3 is 0 Å². The zero-order chi connectivity index (χ0) is 27.7. The Kier molecular flexibility index (Phi) is 8.03. The van der Waals surface area contributed by atoms with Crippen molar-refractivity contribution in [2.24, 2.45) is 15.9 Å². The lowest BCUT2D eigenvalue weighted by Crippen LogP contribution is -2.45. The van der Waals surface area contributed by atoms with Crippen molar-refractivity contribution in [2.45, 2.75) is 70.4 Å². The lowest BCUT2D eigenvalue weighted by Gasteiger charge is -2.22. The average molecular weight is 569 g/mol. The highest BCUT2D eigenvalue weighted by Gasteiger charge is 2.39. The number of carbonyl (C=O) groups excluding carboxylic acids is 3. The number of nitrogens with zero attached hydrogens (tertiary/aromatic N) is 3. The fourth-order valence-electron chi connectivity index (χ4n) is 4.68. The number of thioether (sulfide) groups is 1. The second-order valence-corrected chi connectivity index (χ2v) is 12.2. The first-order valence-corrected chi connectivity index (χ1v) is 14.9. The van der Waals surface area contributed by atoms with Gasteiger partial charge in [0.1, 0.15) is 28.9 Å². The van der Waals surface area contributed by atoms with E-state index < -0.39 is 30.3 Å². The first-order valence-electron chi connectivity index (χ1n) is 13.1. The summed E-state index contributed by atoms with van der Waals surface area (Å²) in [6.07, 6.45) is 0.0246. The minimum absolute atomic E-state index is 0.0457. The lowest BCUT2D eigenvalue weighted by atomic mass is 10.0. The smallest absolute Gasteiger partial charge is 0.271 e. The van der Waals surface area contributed by atoms with Crippen molar-refractivity contribution >= 4 is 51.8 Å². The average Bonchev–Trinajstić information content (AvgIpc) is 3.66. The maximum Gasteiger partial charge on any atom is 0.271 e. The number of thiazole rings is 1. The molecule has 1 aromatic heterocycles. The van der Waals surface area contributed by atoms with E-state index in [1.54, 1.807) is 12.3 Å². The van der Waals surface area contributed by atoms with E-state index in [1.165, 1.54) is 23.1 Å². The van der Waals surface area contributed by atoms with Gasteiger partial charge in [0, 0.05) is 11.1 Å². The summed E-state index contributed by atoms with van der Waals surface area (Å²) in [6.45, 7) is 7.54. The topological polar surface area (TPSA) is 134 Å². The Balaban J connectivity index is 1.50. The van der Waals surface area contributed by atoms with Gasteiger partial charge in [-0.2, -0.15) is 0 Å². The molecule has 39 heavy (non-hydrogen) atoms. The molecule has 3 N–H and O–H groups in total. The lowest BCUT2D eigenvalue weighted by molar-refractivity contribution is -0.124. The van der Waals surface area contributed by atoms with Crippen molar-refractivity contribution in [1.29, 1.82) is 0 Å². The van der Waals surface area contributed by atoms with E-state index in [0.29, 0.717) is 28.1 Å². The number of benzene rings is 1. The molecule has 3 aliphatic heterocycles. The Bertz CT molecular complexity index is 1310. The van der Waals surface area contributed by atoms with Crippen LogP contribution >= 0.6 is 23.1 Å². The normalized spacial score (nSPS) is 29.4. The molecule has 0 spiro atoms. The molecule has 0 saturated heterocycles. The zero-order valence-electron chi connectivity index (χ0n) is 22.2. The van der Waals surface area contributed by atoms with E-state index in [0.717, 1.165) is 5.56 Å². The largest absolute Gasteiger partial charge is 0.474 e. The van der Waals surface area contributed by atoms with Gasteiger partial charge in [-0.15, -0.1) is 23.1 Å². The molecule has 6 unspecified atom stereocenters. The van der Waals surface area contributed by atoms with E-state index in [2.05, 4.69) is 30.9 Å². The number of carbonyl (C=O) groups is 3. The van der Waals surface area contributed by atoms with Crippen molar-refractivity contribution < 1.29 is 19.1 Å². The van der Waals surface area contributed by atoms with Gasteiger partial charge in [0.25, 0.3) is 5.91 Å². The third-order valence-electron chi connectivity index (χ3n) is 6.86. The molecule has 0 saturated carbocycles.